The standard InChI is InChI=1S/C18H25FN4S/c1-13(2)17-23-15(12-24-17)9-11-22-18(20-3)21-10-8-14-6-4-5-7-16(14)19/h4-7,12-13H,8-11H2,1-3H3,(H2,20,21,22). The SMILES string of the molecule is CN=C(NCCc1csc(C(C)C)n1)NCCc1ccccc1F. The van der Waals surface area contributed by atoms with Crippen LogP contribution < -0.4 is 10.6 Å². The molecule has 0 atom stereocenters. The highest BCUT2D eigenvalue weighted by Crippen LogP contribution is 2.19. The molecule has 1 aromatic carbocycles. The molecule has 1 aromatic heterocycles. The molecule has 0 saturated carbocycles. The third-order valence-corrected chi connectivity index (χ3v) is 4.80. The molecule has 0 fully saturated rings. The molecule has 1 heterocycles. The van der Waals surface area contributed by atoms with Gasteiger partial charge in [-0.05, 0) is 18.1 Å². The Balaban J connectivity index is 1.71. The fourth-order valence-electron chi connectivity index (χ4n) is 2.25. The maximum atomic E-state index is 13.6. The normalized spacial score (nSPS) is 11.8. The van der Waals surface area contributed by atoms with E-state index in [-0.39, 0.29) is 5.82 Å². The Morgan fingerprint density at radius 2 is 1.92 bits per heavy atom. The van der Waals surface area contributed by atoms with Gasteiger partial charge in [0.25, 0.3) is 0 Å². The number of benzene rings is 1. The number of guanidine groups is 1. The number of nitrogens with one attached hydrogen (secondary N) is 2. The van der Waals surface area contributed by atoms with Gasteiger partial charge >= 0.3 is 0 Å². The van der Waals surface area contributed by atoms with Crippen molar-refractivity contribution in [1.82, 2.24) is 15.6 Å². The molecule has 0 bridgehead atoms. The first-order chi connectivity index (χ1) is 11.6. The van der Waals surface area contributed by atoms with E-state index in [2.05, 4.69) is 39.8 Å². The average Bonchev–Trinajstić information content (AvgIpc) is 3.04. The third-order valence-electron chi connectivity index (χ3n) is 3.61. The van der Waals surface area contributed by atoms with Crippen molar-refractivity contribution in [1.29, 1.82) is 0 Å². The van der Waals surface area contributed by atoms with Crippen molar-refractivity contribution < 1.29 is 4.39 Å². The molecule has 2 rings (SSSR count). The summed E-state index contributed by atoms with van der Waals surface area (Å²) in [6, 6.07) is 6.85. The Kier molecular flexibility index (Phi) is 7.18. The van der Waals surface area contributed by atoms with Gasteiger partial charge in [0.1, 0.15) is 5.82 Å². The summed E-state index contributed by atoms with van der Waals surface area (Å²) in [5, 5.41) is 9.77. The van der Waals surface area contributed by atoms with Crippen molar-refractivity contribution in [2.45, 2.75) is 32.6 Å². The first kappa shape index (κ1) is 18.4. The largest absolute Gasteiger partial charge is 0.356 e. The van der Waals surface area contributed by atoms with Gasteiger partial charge in [-0.1, -0.05) is 32.0 Å². The molecule has 2 aromatic rings. The summed E-state index contributed by atoms with van der Waals surface area (Å²) in [6.07, 6.45) is 1.48. The van der Waals surface area contributed by atoms with E-state index in [4.69, 9.17) is 0 Å². The summed E-state index contributed by atoms with van der Waals surface area (Å²) >= 11 is 1.71. The topological polar surface area (TPSA) is 49.3 Å². The predicted molar refractivity (Wildman–Crippen MR) is 99.4 cm³/mol. The summed E-state index contributed by atoms with van der Waals surface area (Å²) < 4.78 is 13.6. The lowest BCUT2D eigenvalue weighted by molar-refractivity contribution is 0.606. The van der Waals surface area contributed by atoms with Crippen LogP contribution in [0.4, 0.5) is 4.39 Å². The Morgan fingerprint density at radius 3 is 2.54 bits per heavy atom. The Morgan fingerprint density at radius 1 is 1.21 bits per heavy atom. The van der Waals surface area contributed by atoms with E-state index in [0.717, 1.165) is 24.6 Å². The summed E-state index contributed by atoms with van der Waals surface area (Å²) in [4.78, 5) is 8.81. The first-order valence-electron chi connectivity index (χ1n) is 8.22. The van der Waals surface area contributed by atoms with Gasteiger partial charge in [0.15, 0.2) is 5.96 Å². The molecule has 0 aliphatic carbocycles. The number of thiazole rings is 1. The molecule has 6 heteroatoms. The van der Waals surface area contributed by atoms with Crippen molar-refractivity contribution in [3.05, 3.63) is 51.7 Å². The molecule has 2 N–H and O–H groups in total. The third kappa shape index (κ3) is 5.60. The van der Waals surface area contributed by atoms with Crippen molar-refractivity contribution in [2.75, 3.05) is 20.1 Å². The average molecular weight is 348 g/mol. The van der Waals surface area contributed by atoms with Gasteiger partial charge in [0, 0.05) is 37.9 Å². The molecule has 0 radical (unpaired) electrons. The van der Waals surface area contributed by atoms with Crippen LogP contribution in [0.2, 0.25) is 0 Å². The van der Waals surface area contributed by atoms with Crippen LogP contribution in [-0.2, 0) is 12.8 Å². The van der Waals surface area contributed by atoms with Crippen LogP contribution >= 0.6 is 11.3 Å². The number of nitrogens with zero attached hydrogens (tertiary/aromatic N) is 2. The Bertz CT molecular complexity index is 667. The second-order valence-corrected chi connectivity index (χ2v) is 6.74. The first-order valence-corrected chi connectivity index (χ1v) is 9.10. The fourth-order valence-corrected chi connectivity index (χ4v) is 3.12. The number of aromatic nitrogens is 1. The highest BCUT2D eigenvalue weighted by molar-refractivity contribution is 7.09. The van der Waals surface area contributed by atoms with E-state index in [1.54, 1.807) is 24.5 Å². The number of halogens is 1. The lowest BCUT2D eigenvalue weighted by atomic mass is 10.1. The van der Waals surface area contributed by atoms with Crippen LogP contribution in [0.3, 0.4) is 0 Å². The minimum absolute atomic E-state index is 0.160. The Labute approximate surface area is 147 Å². The van der Waals surface area contributed by atoms with Crippen LogP contribution in [0.15, 0.2) is 34.6 Å². The molecular formula is C18H25FN4S. The second kappa shape index (κ2) is 9.37. The monoisotopic (exact) mass is 348 g/mol. The van der Waals surface area contributed by atoms with Crippen LogP contribution in [0, 0.1) is 5.82 Å². The van der Waals surface area contributed by atoms with E-state index in [1.165, 1.54) is 11.1 Å². The van der Waals surface area contributed by atoms with Crippen LogP contribution in [0.1, 0.15) is 36.0 Å². The van der Waals surface area contributed by atoms with Crippen molar-refractivity contribution in [3.63, 3.8) is 0 Å². The van der Waals surface area contributed by atoms with Gasteiger partial charge in [-0.2, -0.15) is 0 Å². The zero-order valence-corrected chi connectivity index (χ0v) is 15.3. The smallest absolute Gasteiger partial charge is 0.190 e. The van der Waals surface area contributed by atoms with Crippen LogP contribution in [0.25, 0.3) is 0 Å². The molecular weight excluding hydrogens is 323 g/mol. The minimum atomic E-state index is -0.160. The summed E-state index contributed by atoms with van der Waals surface area (Å²) in [5.41, 5.74) is 1.82. The highest BCUT2D eigenvalue weighted by atomic mass is 32.1. The molecule has 0 unspecified atom stereocenters. The zero-order valence-electron chi connectivity index (χ0n) is 14.5. The maximum absolute atomic E-state index is 13.6. The van der Waals surface area contributed by atoms with E-state index < -0.39 is 0 Å². The molecule has 0 spiro atoms. The summed E-state index contributed by atoms with van der Waals surface area (Å²) in [7, 11) is 1.73. The highest BCUT2D eigenvalue weighted by Gasteiger charge is 2.06. The molecule has 0 saturated heterocycles. The van der Waals surface area contributed by atoms with Gasteiger partial charge in [0.05, 0.1) is 10.7 Å². The predicted octanol–water partition coefficient (Wildman–Crippen LogP) is 3.36. The van der Waals surface area contributed by atoms with Crippen LogP contribution in [0.5, 0.6) is 0 Å². The zero-order chi connectivity index (χ0) is 17.4. The van der Waals surface area contributed by atoms with E-state index in [0.29, 0.717) is 24.4 Å². The fraction of sp³-hybridized carbons (Fsp3) is 0.444. The van der Waals surface area contributed by atoms with Crippen LogP contribution in [-0.4, -0.2) is 31.1 Å². The van der Waals surface area contributed by atoms with Crippen molar-refractivity contribution in [3.8, 4) is 0 Å². The van der Waals surface area contributed by atoms with E-state index in [1.807, 2.05) is 12.1 Å². The molecule has 0 amide bonds. The lowest BCUT2D eigenvalue weighted by Gasteiger charge is -2.11. The summed E-state index contributed by atoms with van der Waals surface area (Å²) in [5.74, 6) is 1.04. The van der Waals surface area contributed by atoms with Crippen molar-refractivity contribution in [2.24, 2.45) is 4.99 Å². The molecule has 130 valence electrons. The number of hydrogen-bond acceptors (Lipinski definition) is 3. The van der Waals surface area contributed by atoms with E-state index in [9.17, 15) is 4.39 Å². The summed E-state index contributed by atoms with van der Waals surface area (Å²) in [6.45, 7) is 5.71. The van der Waals surface area contributed by atoms with Gasteiger partial charge in [-0.15, -0.1) is 11.3 Å². The maximum Gasteiger partial charge on any atom is 0.190 e. The quantitative estimate of drug-likeness (QED) is 0.596. The van der Waals surface area contributed by atoms with Gasteiger partial charge in [0.2, 0.25) is 0 Å². The van der Waals surface area contributed by atoms with E-state index >= 15 is 0 Å². The number of rotatable bonds is 7. The lowest BCUT2D eigenvalue weighted by Crippen LogP contribution is -2.39. The van der Waals surface area contributed by atoms with Gasteiger partial charge in [-0.25, -0.2) is 9.37 Å². The second-order valence-electron chi connectivity index (χ2n) is 5.85. The molecule has 0 aliphatic rings. The van der Waals surface area contributed by atoms with Crippen molar-refractivity contribution >= 4 is 17.3 Å². The molecule has 24 heavy (non-hydrogen) atoms. The molecule has 0 aliphatic heterocycles. The number of hydrogen-bond donors (Lipinski definition) is 2. The van der Waals surface area contributed by atoms with Gasteiger partial charge in [-0.3, -0.25) is 4.99 Å². The number of aliphatic imine (C=N–C) groups is 1. The minimum Gasteiger partial charge on any atom is -0.356 e. The van der Waals surface area contributed by atoms with Gasteiger partial charge < -0.3 is 10.6 Å². The molecule has 4 nitrogen and oxygen atoms in total. The Hall–Kier alpha value is -1.95.